The predicted molar refractivity (Wildman–Crippen MR) is 58.5 cm³/mol. The highest BCUT2D eigenvalue weighted by atomic mass is 79.9. The summed E-state index contributed by atoms with van der Waals surface area (Å²) in [6, 6.07) is 3.25. The third-order valence-electron chi connectivity index (χ3n) is 1.30. The lowest BCUT2D eigenvalue weighted by Gasteiger charge is -2.05. The Morgan fingerprint density at radius 3 is 2.23 bits per heavy atom. The van der Waals surface area contributed by atoms with Crippen LogP contribution in [0, 0.1) is 0 Å². The first-order chi connectivity index (χ1) is 6.00. The van der Waals surface area contributed by atoms with Gasteiger partial charge in [0.15, 0.2) is 0 Å². The maximum atomic E-state index is 10.7. The highest BCUT2D eigenvalue weighted by molar-refractivity contribution is 9.10. The number of hydrogen-bond donors (Lipinski definition) is 1. The minimum Gasteiger partial charge on any atom is -0.326 e. The molecular weight excluding hydrogens is 277 g/mol. The number of hydrogen-bond acceptors (Lipinski definition) is 1. The first-order valence-corrected chi connectivity index (χ1v) is 4.97. The van der Waals surface area contributed by atoms with Crippen LogP contribution in [0.4, 0.5) is 5.69 Å². The van der Waals surface area contributed by atoms with Gasteiger partial charge < -0.3 is 5.32 Å². The largest absolute Gasteiger partial charge is 0.326 e. The number of halogens is 3. The van der Waals surface area contributed by atoms with E-state index < -0.39 is 0 Å². The Bertz CT molecular complexity index is 331. The monoisotopic (exact) mass is 281 g/mol. The minimum atomic E-state index is -0.158. The van der Waals surface area contributed by atoms with E-state index in [2.05, 4.69) is 21.2 Å². The van der Waals surface area contributed by atoms with E-state index >= 15 is 0 Å². The van der Waals surface area contributed by atoms with Crippen LogP contribution in [-0.4, -0.2) is 5.91 Å². The molecule has 1 rings (SSSR count). The van der Waals surface area contributed by atoms with Crippen molar-refractivity contribution in [3.05, 3.63) is 26.7 Å². The van der Waals surface area contributed by atoms with Gasteiger partial charge in [-0.15, -0.1) is 0 Å². The second-order valence-electron chi connectivity index (χ2n) is 2.44. The zero-order valence-electron chi connectivity index (χ0n) is 6.70. The molecule has 0 fully saturated rings. The molecule has 1 aromatic carbocycles. The van der Waals surface area contributed by atoms with Crippen molar-refractivity contribution in [1.29, 1.82) is 0 Å². The quantitative estimate of drug-likeness (QED) is 0.782. The molecule has 0 spiro atoms. The summed E-state index contributed by atoms with van der Waals surface area (Å²) in [5, 5.41) is 3.52. The molecule has 5 heteroatoms. The number of anilines is 1. The van der Waals surface area contributed by atoms with Crippen molar-refractivity contribution >= 4 is 50.7 Å². The van der Waals surface area contributed by atoms with Gasteiger partial charge in [0.25, 0.3) is 0 Å². The lowest BCUT2D eigenvalue weighted by atomic mass is 10.3. The molecule has 1 amide bonds. The summed E-state index contributed by atoms with van der Waals surface area (Å²) in [6.07, 6.45) is 0. The van der Waals surface area contributed by atoms with Crippen molar-refractivity contribution in [2.75, 3.05) is 5.32 Å². The Morgan fingerprint density at radius 2 is 1.85 bits per heavy atom. The van der Waals surface area contributed by atoms with E-state index in [1.54, 1.807) is 12.1 Å². The molecular formula is C8H6BrCl2NO. The first kappa shape index (κ1) is 10.8. The molecule has 0 aliphatic heterocycles. The van der Waals surface area contributed by atoms with Gasteiger partial charge in [-0.3, -0.25) is 4.79 Å². The Morgan fingerprint density at radius 1 is 1.38 bits per heavy atom. The summed E-state index contributed by atoms with van der Waals surface area (Å²) in [6.45, 7) is 1.42. The van der Waals surface area contributed by atoms with Gasteiger partial charge in [-0.25, -0.2) is 0 Å². The average Bonchev–Trinajstić information content (AvgIpc) is 1.98. The molecule has 0 heterocycles. The van der Waals surface area contributed by atoms with E-state index in [1.165, 1.54) is 6.92 Å². The lowest BCUT2D eigenvalue weighted by Crippen LogP contribution is -2.05. The normalized spacial score (nSPS) is 9.85. The minimum absolute atomic E-state index is 0.158. The van der Waals surface area contributed by atoms with Crippen LogP contribution in [-0.2, 0) is 4.79 Å². The van der Waals surface area contributed by atoms with Gasteiger partial charge in [-0.1, -0.05) is 23.2 Å². The molecule has 0 bridgehead atoms. The Kier molecular flexibility index (Phi) is 3.59. The summed E-state index contributed by atoms with van der Waals surface area (Å²) in [7, 11) is 0. The molecule has 0 saturated heterocycles. The van der Waals surface area contributed by atoms with E-state index in [4.69, 9.17) is 23.2 Å². The van der Waals surface area contributed by atoms with Crippen molar-refractivity contribution in [1.82, 2.24) is 0 Å². The molecule has 70 valence electrons. The summed E-state index contributed by atoms with van der Waals surface area (Å²) in [4.78, 5) is 10.7. The van der Waals surface area contributed by atoms with Crippen LogP contribution in [0.1, 0.15) is 6.92 Å². The fourth-order valence-corrected chi connectivity index (χ4v) is 1.55. The fourth-order valence-electron chi connectivity index (χ4n) is 0.831. The highest BCUT2D eigenvalue weighted by Gasteiger charge is 2.05. The van der Waals surface area contributed by atoms with Crippen LogP contribution >= 0.6 is 39.1 Å². The maximum Gasteiger partial charge on any atom is 0.221 e. The molecule has 0 atom stereocenters. The van der Waals surface area contributed by atoms with E-state index in [1.807, 2.05) is 0 Å². The van der Waals surface area contributed by atoms with Gasteiger partial charge in [0.2, 0.25) is 5.91 Å². The van der Waals surface area contributed by atoms with Gasteiger partial charge in [0, 0.05) is 12.6 Å². The molecule has 1 N–H and O–H groups in total. The summed E-state index contributed by atoms with van der Waals surface area (Å²) < 4.78 is 0.630. The van der Waals surface area contributed by atoms with Crippen molar-refractivity contribution in [2.24, 2.45) is 0 Å². The second kappa shape index (κ2) is 4.31. The van der Waals surface area contributed by atoms with Crippen molar-refractivity contribution in [2.45, 2.75) is 6.92 Å². The first-order valence-electron chi connectivity index (χ1n) is 3.43. The SMILES string of the molecule is CC(=O)Nc1cc(Cl)c(Br)c(Cl)c1. The van der Waals surface area contributed by atoms with Crippen LogP contribution < -0.4 is 5.32 Å². The predicted octanol–water partition coefficient (Wildman–Crippen LogP) is 3.71. The number of nitrogens with one attached hydrogen (secondary N) is 1. The molecule has 0 saturated carbocycles. The van der Waals surface area contributed by atoms with E-state index in [0.29, 0.717) is 20.2 Å². The number of benzene rings is 1. The van der Waals surface area contributed by atoms with Crippen LogP contribution in [0.25, 0.3) is 0 Å². The molecule has 1 aromatic rings. The highest BCUT2D eigenvalue weighted by Crippen LogP contribution is 2.33. The molecule has 0 aliphatic rings. The Hall–Kier alpha value is -0.250. The number of rotatable bonds is 1. The number of amides is 1. The van der Waals surface area contributed by atoms with Gasteiger partial charge in [-0.2, -0.15) is 0 Å². The third kappa shape index (κ3) is 2.86. The maximum absolute atomic E-state index is 10.7. The standard InChI is InChI=1S/C8H6BrCl2NO/c1-4(13)12-5-2-6(10)8(9)7(11)3-5/h2-3H,1H3,(H,12,13). The van der Waals surface area contributed by atoms with Crippen LogP contribution in [0.15, 0.2) is 16.6 Å². The van der Waals surface area contributed by atoms with Crippen LogP contribution in [0.2, 0.25) is 10.0 Å². The van der Waals surface area contributed by atoms with Gasteiger partial charge in [-0.05, 0) is 28.1 Å². The zero-order chi connectivity index (χ0) is 10.0. The second-order valence-corrected chi connectivity index (χ2v) is 4.04. The third-order valence-corrected chi connectivity index (χ3v) is 3.21. The van der Waals surface area contributed by atoms with Crippen LogP contribution in [0.3, 0.4) is 0 Å². The molecule has 0 aromatic heterocycles. The fraction of sp³-hybridized carbons (Fsp3) is 0.125. The van der Waals surface area contributed by atoms with Crippen molar-refractivity contribution in [3.63, 3.8) is 0 Å². The molecule has 13 heavy (non-hydrogen) atoms. The Balaban J connectivity index is 3.06. The molecule has 0 unspecified atom stereocenters. The van der Waals surface area contributed by atoms with Crippen molar-refractivity contribution < 1.29 is 4.79 Å². The summed E-state index contributed by atoms with van der Waals surface area (Å²) in [5.74, 6) is -0.158. The smallest absolute Gasteiger partial charge is 0.221 e. The number of carbonyl (C=O) groups is 1. The molecule has 0 radical (unpaired) electrons. The summed E-state index contributed by atoms with van der Waals surface area (Å²) in [5.41, 5.74) is 0.589. The molecule has 2 nitrogen and oxygen atoms in total. The average molecular weight is 283 g/mol. The van der Waals surface area contributed by atoms with E-state index in [9.17, 15) is 4.79 Å². The van der Waals surface area contributed by atoms with Gasteiger partial charge in [0.1, 0.15) is 0 Å². The summed E-state index contributed by atoms with van der Waals surface area (Å²) >= 11 is 14.8. The van der Waals surface area contributed by atoms with E-state index in [0.717, 1.165) is 0 Å². The van der Waals surface area contributed by atoms with Crippen molar-refractivity contribution in [3.8, 4) is 0 Å². The zero-order valence-corrected chi connectivity index (χ0v) is 9.79. The van der Waals surface area contributed by atoms with Gasteiger partial charge in [0.05, 0.1) is 14.5 Å². The van der Waals surface area contributed by atoms with Crippen LogP contribution in [0.5, 0.6) is 0 Å². The number of carbonyl (C=O) groups excluding carboxylic acids is 1. The Labute approximate surface area is 94.3 Å². The van der Waals surface area contributed by atoms with Gasteiger partial charge >= 0.3 is 0 Å². The van der Waals surface area contributed by atoms with E-state index in [-0.39, 0.29) is 5.91 Å². The topological polar surface area (TPSA) is 29.1 Å². The lowest BCUT2D eigenvalue weighted by molar-refractivity contribution is -0.114. The molecule has 0 aliphatic carbocycles.